The maximum atomic E-state index is 13.2. The second-order valence-corrected chi connectivity index (χ2v) is 8.82. The van der Waals surface area contributed by atoms with Crippen molar-refractivity contribution in [2.45, 2.75) is 76.6 Å². The van der Waals surface area contributed by atoms with Gasteiger partial charge < -0.3 is 18.8 Å². The van der Waals surface area contributed by atoms with E-state index < -0.39 is 0 Å². The van der Waals surface area contributed by atoms with Gasteiger partial charge in [0.15, 0.2) is 0 Å². The summed E-state index contributed by atoms with van der Waals surface area (Å²) in [5, 5.41) is 0. The van der Waals surface area contributed by atoms with Crippen LogP contribution in [0.4, 0.5) is 4.39 Å². The maximum Gasteiger partial charge on any atom is 0.494 e. The summed E-state index contributed by atoms with van der Waals surface area (Å²) in [7, 11) is -0.380. The molecule has 4 rings (SSSR count). The summed E-state index contributed by atoms with van der Waals surface area (Å²) in [4.78, 5) is 0. The van der Waals surface area contributed by atoms with Gasteiger partial charge in [0.25, 0.3) is 0 Å². The third-order valence-electron chi connectivity index (χ3n) is 6.34. The molecule has 6 heteroatoms. The van der Waals surface area contributed by atoms with Crippen LogP contribution in [-0.2, 0) is 14.0 Å². The van der Waals surface area contributed by atoms with Crippen molar-refractivity contribution in [3.63, 3.8) is 0 Å². The van der Waals surface area contributed by atoms with Crippen LogP contribution in [0, 0.1) is 5.82 Å². The minimum atomic E-state index is -0.380. The highest BCUT2D eigenvalue weighted by Crippen LogP contribution is 2.34. The SMILES string of the molecule is CCCCCCCCOc1ccc(B2OC[C@H]3O[C@@H](c4ccc(F)cc4)CC[C@@H]3O2)cc1. The van der Waals surface area contributed by atoms with Crippen LogP contribution in [0.1, 0.15) is 70.0 Å². The highest BCUT2D eigenvalue weighted by molar-refractivity contribution is 6.61. The number of rotatable bonds is 10. The first kappa shape index (κ1) is 23.3. The molecule has 0 amide bonds. The summed E-state index contributed by atoms with van der Waals surface area (Å²) in [6.45, 7) is 3.49. The summed E-state index contributed by atoms with van der Waals surface area (Å²) in [5.41, 5.74) is 2.00. The van der Waals surface area contributed by atoms with Gasteiger partial charge in [0.05, 0.1) is 25.4 Å². The van der Waals surface area contributed by atoms with Gasteiger partial charge in [0.2, 0.25) is 0 Å². The lowest BCUT2D eigenvalue weighted by atomic mass is 9.76. The van der Waals surface area contributed by atoms with Crippen LogP contribution in [0.25, 0.3) is 0 Å². The van der Waals surface area contributed by atoms with E-state index in [1.54, 1.807) is 12.1 Å². The fraction of sp³-hybridized carbons (Fsp3) is 0.538. The van der Waals surface area contributed by atoms with Gasteiger partial charge in [0, 0.05) is 0 Å². The zero-order valence-corrected chi connectivity index (χ0v) is 19.0. The van der Waals surface area contributed by atoms with Crippen molar-refractivity contribution in [2.24, 2.45) is 0 Å². The second kappa shape index (κ2) is 11.8. The lowest BCUT2D eigenvalue weighted by Crippen LogP contribution is -2.54. The van der Waals surface area contributed by atoms with E-state index in [0.29, 0.717) is 6.61 Å². The predicted octanol–water partition coefficient (Wildman–Crippen LogP) is 5.60. The Bertz CT molecular complexity index is 814. The highest BCUT2D eigenvalue weighted by atomic mass is 19.1. The molecule has 2 aromatic carbocycles. The Kier molecular flexibility index (Phi) is 8.60. The smallest absolute Gasteiger partial charge is 0.494 e. The number of hydrogen-bond acceptors (Lipinski definition) is 4. The fourth-order valence-corrected chi connectivity index (χ4v) is 4.44. The number of benzene rings is 2. The molecule has 0 spiro atoms. The molecule has 0 aliphatic carbocycles. The predicted molar refractivity (Wildman–Crippen MR) is 125 cm³/mol. The average molecular weight is 440 g/mol. The van der Waals surface area contributed by atoms with Crippen LogP contribution < -0.4 is 10.2 Å². The molecule has 32 heavy (non-hydrogen) atoms. The van der Waals surface area contributed by atoms with Gasteiger partial charge >= 0.3 is 7.12 Å². The minimum Gasteiger partial charge on any atom is -0.494 e. The molecule has 0 N–H and O–H groups in total. The van der Waals surface area contributed by atoms with Crippen LogP contribution in [-0.4, -0.2) is 32.5 Å². The second-order valence-electron chi connectivity index (χ2n) is 8.82. The first-order valence-electron chi connectivity index (χ1n) is 12.1. The zero-order valence-electron chi connectivity index (χ0n) is 19.0. The number of fused-ring (bicyclic) bond motifs is 1. The minimum absolute atomic E-state index is 0.00841. The molecular weight excluding hydrogens is 406 g/mol. The van der Waals surface area contributed by atoms with E-state index >= 15 is 0 Å². The molecule has 0 radical (unpaired) electrons. The maximum absolute atomic E-state index is 13.2. The fourth-order valence-electron chi connectivity index (χ4n) is 4.44. The lowest BCUT2D eigenvalue weighted by molar-refractivity contribution is -0.150. The molecule has 0 bridgehead atoms. The van der Waals surface area contributed by atoms with E-state index in [-0.39, 0.29) is 31.2 Å². The van der Waals surface area contributed by atoms with E-state index in [9.17, 15) is 4.39 Å². The number of ether oxygens (including phenoxy) is 2. The quantitative estimate of drug-likeness (QED) is 0.356. The van der Waals surface area contributed by atoms with E-state index in [1.165, 1.54) is 44.2 Å². The molecule has 0 aromatic heterocycles. The van der Waals surface area contributed by atoms with Crippen LogP contribution >= 0.6 is 0 Å². The third kappa shape index (κ3) is 6.34. The molecule has 2 aliphatic heterocycles. The van der Waals surface area contributed by atoms with Crippen molar-refractivity contribution in [1.82, 2.24) is 0 Å². The van der Waals surface area contributed by atoms with Crippen LogP contribution in [0.15, 0.2) is 48.5 Å². The topological polar surface area (TPSA) is 36.9 Å². The Labute approximate surface area is 191 Å². The average Bonchev–Trinajstić information content (AvgIpc) is 2.84. The monoisotopic (exact) mass is 440 g/mol. The van der Waals surface area contributed by atoms with Gasteiger partial charge in [-0.25, -0.2) is 4.39 Å². The summed E-state index contributed by atoms with van der Waals surface area (Å²) >= 11 is 0. The normalized spacial score (nSPS) is 23.1. The Hall–Kier alpha value is -1.89. The van der Waals surface area contributed by atoms with Crippen LogP contribution in [0.2, 0.25) is 0 Å². The van der Waals surface area contributed by atoms with Gasteiger partial charge in [0.1, 0.15) is 17.7 Å². The van der Waals surface area contributed by atoms with Crippen molar-refractivity contribution in [2.75, 3.05) is 13.2 Å². The molecule has 0 saturated carbocycles. The first-order valence-corrected chi connectivity index (χ1v) is 12.1. The van der Waals surface area contributed by atoms with E-state index in [4.69, 9.17) is 18.8 Å². The Morgan fingerprint density at radius 1 is 0.906 bits per heavy atom. The summed E-state index contributed by atoms with van der Waals surface area (Å²) in [5.74, 6) is 0.660. The summed E-state index contributed by atoms with van der Waals surface area (Å²) in [6.07, 6.45) is 9.18. The van der Waals surface area contributed by atoms with Gasteiger partial charge in [-0.05, 0) is 54.6 Å². The summed E-state index contributed by atoms with van der Waals surface area (Å²) in [6, 6.07) is 14.6. The molecule has 4 nitrogen and oxygen atoms in total. The number of unbranched alkanes of at least 4 members (excludes halogenated alkanes) is 5. The zero-order chi connectivity index (χ0) is 22.2. The third-order valence-corrected chi connectivity index (χ3v) is 6.34. The van der Waals surface area contributed by atoms with Gasteiger partial charge in [-0.1, -0.05) is 63.3 Å². The highest BCUT2D eigenvalue weighted by Gasteiger charge is 2.41. The summed E-state index contributed by atoms with van der Waals surface area (Å²) < 4.78 is 37.5. The largest absolute Gasteiger partial charge is 0.494 e. The molecule has 3 atom stereocenters. The Morgan fingerprint density at radius 3 is 2.44 bits per heavy atom. The van der Waals surface area contributed by atoms with E-state index in [1.807, 2.05) is 24.3 Å². The van der Waals surface area contributed by atoms with Gasteiger partial charge in [-0.2, -0.15) is 0 Å². The number of hydrogen-bond donors (Lipinski definition) is 0. The van der Waals surface area contributed by atoms with E-state index in [0.717, 1.165) is 42.6 Å². The standard InChI is InChI=1S/C26H34BFO4/c1-2-3-4-5-6-7-18-29-23-14-10-21(11-15-23)27-30-19-26-25(32-27)17-16-24(31-26)20-8-12-22(28)13-9-20/h8-15,24-26H,2-7,16-19H2,1H3/t24-,25+,26-/m1/s1. The molecule has 2 aliphatic rings. The van der Waals surface area contributed by atoms with Crippen LogP contribution in [0.5, 0.6) is 5.75 Å². The molecule has 2 aromatic rings. The van der Waals surface area contributed by atoms with Gasteiger partial charge in [-0.3, -0.25) is 0 Å². The van der Waals surface area contributed by atoms with E-state index in [2.05, 4.69) is 6.92 Å². The van der Waals surface area contributed by atoms with Crippen molar-refractivity contribution >= 4 is 12.6 Å². The van der Waals surface area contributed by atoms with Gasteiger partial charge in [-0.15, -0.1) is 0 Å². The van der Waals surface area contributed by atoms with Crippen molar-refractivity contribution in [3.8, 4) is 5.75 Å². The van der Waals surface area contributed by atoms with Crippen molar-refractivity contribution in [3.05, 3.63) is 59.9 Å². The Balaban J connectivity index is 1.21. The van der Waals surface area contributed by atoms with Crippen molar-refractivity contribution < 1.29 is 23.2 Å². The molecular formula is C26H34BFO4. The first-order chi connectivity index (χ1) is 15.7. The molecule has 2 saturated heterocycles. The lowest BCUT2D eigenvalue weighted by Gasteiger charge is -2.41. The Morgan fingerprint density at radius 2 is 1.66 bits per heavy atom. The molecule has 2 fully saturated rings. The van der Waals surface area contributed by atoms with Crippen LogP contribution in [0.3, 0.4) is 0 Å². The molecule has 172 valence electrons. The molecule has 2 heterocycles. The van der Waals surface area contributed by atoms with Crippen molar-refractivity contribution in [1.29, 1.82) is 0 Å². The molecule has 0 unspecified atom stereocenters. The number of halogens is 1.